The van der Waals surface area contributed by atoms with Crippen molar-refractivity contribution in [3.63, 3.8) is 0 Å². The van der Waals surface area contributed by atoms with Gasteiger partial charge in [-0.3, -0.25) is 4.79 Å². The molecule has 3 N–H and O–H groups in total. The van der Waals surface area contributed by atoms with E-state index in [1.807, 2.05) is 13.0 Å². The molecule has 2 aromatic heterocycles. The lowest BCUT2D eigenvalue weighted by atomic mass is 9.85. The smallest absolute Gasteiger partial charge is 0.254 e. The molecule has 0 radical (unpaired) electrons. The van der Waals surface area contributed by atoms with Gasteiger partial charge in [-0.05, 0) is 84.5 Å². The van der Waals surface area contributed by atoms with E-state index in [2.05, 4.69) is 67.2 Å². The number of thiophene rings is 1. The first kappa shape index (κ1) is 23.7. The summed E-state index contributed by atoms with van der Waals surface area (Å²) in [6, 6.07) is 5.33. The molecular formula is C24H28FIN6OS. The summed E-state index contributed by atoms with van der Waals surface area (Å²) in [5, 5.41) is 19.2. The molecule has 1 fully saturated rings. The zero-order valence-electron chi connectivity index (χ0n) is 19.5. The Morgan fingerprint density at radius 2 is 2.21 bits per heavy atom. The lowest BCUT2D eigenvalue weighted by Crippen LogP contribution is -2.37. The molecule has 34 heavy (non-hydrogen) atoms. The molecule has 4 heterocycles. The van der Waals surface area contributed by atoms with Crippen molar-refractivity contribution >= 4 is 50.5 Å². The first-order chi connectivity index (χ1) is 16.2. The van der Waals surface area contributed by atoms with Crippen LogP contribution in [0.1, 0.15) is 48.4 Å². The number of halogens is 2. The summed E-state index contributed by atoms with van der Waals surface area (Å²) in [5.74, 6) is 1.13. The van der Waals surface area contributed by atoms with E-state index in [1.165, 1.54) is 17.4 Å². The topological polar surface area (TPSA) is 83.9 Å². The molecular weight excluding hydrogens is 566 g/mol. The maximum Gasteiger partial charge on any atom is 0.254 e. The fourth-order valence-electron chi connectivity index (χ4n) is 4.79. The number of amides is 1. The van der Waals surface area contributed by atoms with Gasteiger partial charge >= 0.3 is 0 Å². The predicted octanol–water partition coefficient (Wildman–Crippen LogP) is 4.87. The summed E-state index contributed by atoms with van der Waals surface area (Å²) in [5.41, 5.74) is 1.77. The quantitative estimate of drug-likeness (QED) is 0.368. The van der Waals surface area contributed by atoms with Gasteiger partial charge in [-0.25, -0.2) is 4.39 Å². The second-order valence-corrected chi connectivity index (χ2v) is 12.1. The molecule has 0 spiro atoms. The van der Waals surface area contributed by atoms with Crippen molar-refractivity contribution in [2.75, 3.05) is 18.4 Å². The largest absolute Gasteiger partial charge is 0.350 e. The molecule has 1 amide bonds. The van der Waals surface area contributed by atoms with Crippen LogP contribution in [0.4, 0.5) is 15.1 Å². The Kier molecular flexibility index (Phi) is 6.40. The van der Waals surface area contributed by atoms with Gasteiger partial charge in [0.15, 0.2) is 5.82 Å². The third-order valence-electron chi connectivity index (χ3n) is 6.47. The van der Waals surface area contributed by atoms with Gasteiger partial charge in [-0.15, -0.1) is 21.5 Å². The Labute approximate surface area is 216 Å². The number of nitrogens with one attached hydrogen (secondary N) is 3. The minimum Gasteiger partial charge on any atom is -0.350 e. The maximum atomic E-state index is 14.7. The van der Waals surface area contributed by atoms with E-state index in [9.17, 15) is 9.18 Å². The standard InChI is InChI=1S/C24H28FIN6OS/c1-13-30-31-21-20-16(10-24(2,3)12-32(13)21)19(22(33)28-11-15-5-4-8-27-15)23(34-20)29-18-7-6-14(26)9-17(18)25/h6-7,9,15,27,29H,4-5,8,10-12H2,1-3H3,(H,28,33). The molecule has 2 aliphatic rings. The first-order valence-corrected chi connectivity index (χ1v) is 13.4. The monoisotopic (exact) mass is 594 g/mol. The van der Waals surface area contributed by atoms with Crippen LogP contribution in [0.2, 0.25) is 0 Å². The van der Waals surface area contributed by atoms with Gasteiger partial charge < -0.3 is 20.5 Å². The highest BCUT2D eigenvalue weighted by Crippen LogP contribution is 2.46. The number of fused-ring (bicyclic) bond motifs is 3. The summed E-state index contributed by atoms with van der Waals surface area (Å²) in [4.78, 5) is 14.5. The van der Waals surface area contributed by atoms with Crippen LogP contribution in [0.25, 0.3) is 10.7 Å². The first-order valence-electron chi connectivity index (χ1n) is 11.5. The minimum absolute atomic E-state index is 0.109. The molecule has 0 bridgehead atoms. The highest BCUT2D eigenvalue weighted by Gasteiger charge is 2.35. The van der Waals surface area contributed by atoms with Crippen LogP contribution in [-0.2, 0) is 13.0 Å². The molecule has 0 aliphatic carbocycles. The number of anilines is 2. The number of carbonyl (C=O) groups is 1. The maximum absolute atomic E-state index is 14.7. The fourth-order valence-corrected chi connectivity index (χ4v) is 6.47. The third-order valence-corrected chi connectivity index (χ3v) is 8.28. The Morgan fingerprint density at radius 3 is 2.94 bits per heavy atom. The van der Waals surface area contributed by atoms with E-state index >= 15 is 0 Å². The number of aromatic nitrogens is 3. The van der Waals surface area contributed by atoms with Crippen molar-refractivity contribution in [1.29, 1.82) is 0 Å². The second-order valence-electron chi connectivity index (χ2n) is 9.86. The van der Waals surface area contributed by atoms with Gasteiger partial charge in [0, 0.05) is 22.7 Å². The Morgan fingerprint density at radius 1 is 1.38 bits per heavy atom. The van der Waals surface area contributed by atoms with Crippen molar-refractivity contribution in [2.24, 2.45) is 5.41 Å². The van der Waals surface area contributed by atoms with Crippen LogP contribution in [0, 0.1) is 21.7 Å². The molecule has 10 heteroatoms. The van der Waals surface area contributed by atoms with Crippen LogP contribution in [0.15, 0.2) is 18.2 Å². The van der Waals surface area contributed by atoms with Crippen molar-refractivity contribution in [2.45, 2.75) is 52.6 Å². The van der Waals surface area contributed by atoms with E-state index in [0.717, 1.165) is 51.6 Å². The Balaban J connectivity index is 1.60. The van der Waals surface area contributed by atoms with Gasteiger partial charge in [0.2, 0.25) is 0 Å². The average Bonchev–Trinajstić information content (AvgIpc) is 3.47. The Bertz CT molecular complexity index is 1250. The van der Waals surface area contributed by atoms with Crippen molar-refractivity contribution < 1.29 is 9.18 Å². The van der Waals surface area contributed by atoms with Gasteiger partial charge in [0.1, 0.15) is 16.6 Å². The number of aryl methyl sites for hydroxylation is 1. The summed E-state index contributed by atoms with van der Waals surface area (Å²) >= 11 is 3.53. The predicted molar refractivity (Wildman–Crippen MR) is 141 cm³/mol. The number of nitrogens with zero attached hydrogens (tertiary/aromatic N) is 3. The van der Waals surface area contributed by atoms with Crippen molar-refractivity contribution in [3.05, 3.63) is 44.5 Å². The molecule has 1 aromatic carbocycles. The molecule has 0 saturated carbocycles. The van der Waals surface area contributed by atoms with E-state index in [-0.39, 0.29) is 23.2 Å². The fraction of sp³-hybridized carbons (Fsp3) is 0.458. The number of rotatable bonds is 5. The van der Waals surface area contributed by atoms with Crippen LogP contribution in [0.3, 0.4) is 0 Å². The van der Waals surface area contributed by atoms with Crippen molar-refractivity contribution in [3.8, 4) is 10.7 Å². The van der Waals surface area contributed by atoms with E-state index in [1.54, 1.807) is 6.07 Å². The molecule has 180 valence electrons. The SMILES string of the molecule is Cc1nnc2n1CC(C)(C)Cc1c-2sc(Nc2ccc(I)cc2F)c1C(=O)NCC1CCCN1. The number of hydrogen-bond acceptors (Lipinski definition) is 6. The van der Waals surface area contributed by atoms with Gasteiger partial charge in [0.05, 0.1) is 16.1 Å². The molecule has 1 unspecified atom stereocenters. The number of hydrogen-bond donors (Lipinski definition) is 3. The van der Waals surface area contributed by atoms with Gasteiger partial charge in [-0.2, -0.15) is 0 Å². The molecule has 1 atom stereocenters. The summed E-state index contributed by atoms with van der Waals surface area (Å²) in [6.07, 6.45) is 2.88. The van der Waals surface area contributed by atoms with Gasteiger partial charge in [0.25, 0.3) is 5.91 Å². The number of benzene rings is 1. The normalized spacial score (nSPS) is 18.8. The van der Waals surface area contributed by atoms with Crippen LogP contribution in [-0.4, -0.2) is 39.8 Å². The molecule has 1 saturated heterocycles. The molecule has 7 nitrogen and oxygen atoms in total. The lowest BCUT2D eigenvalue weighted by Gasteiger charge is -2.24. The van der Waals surface area contributed by atoms with Gasteiger partial charge in [-0.1, -0.05) is 13.8 Å². The van der Waals surface area contributed by atoms with Crippen LogP contribution < -0.4 is 16.0 Å². The average molecular weight is 594 g/mol. The molecule has 5 rings (SSSR count). The van der Waals surface area contributed by atoms with E-state index in [4.69, 9.17) is 0 Å². The van der Waals surface area contributed by atoms with Crippen LogP contribution in [0.5, 0.6) is 0 Å². The zero-order valence-corrected chi connectivity index (χ0v) is 22.4. The molecule has 2 aliphatic heterocycles. The van der Waals surface area contributed by atoms with E-state index < -0.39 is 0 Å². The summed E-state index contributed by atoms with van der Waals surface area (Å²) in [6.45, 7) is 8.66. The number of carbonyl (C=O) groups excluding carboxylic acids is 1. The molecule has 3 aromatic rings. The second kappa shape index (κ2) is 9.19. The zero-order chi connectivity index (χ0) is 24.0. The minimum atomic E-state index is -0.351. The lowest BCUT2D eigenvalue weighted by molar-refractivity contribution is 0.0950. The van der Waals surface area contributed by atoms with Crippen LogP contribution >= 0.6 is 33.9 Å². The summed E-state index contributed by atoms with van der Waals surface area (Å²) < 4.78 is 17.7. The highest BCUT2D eigenvalue weighted by atomic mass is 127. The highest BCUT2D eigenvalue weighted by molar-refractivity contribution is 14.1. The van der Waals surface area contributed by atoms with Crippen molar-refractivity contribution in [1.82, 2.24) is 25.4 Å². The third kappa shape index (κ3) is 4.59. The van der Waals surface area contributed by atoms with E-state index in [0.29, 0.717) is 29.2 Å². The Hall–Kier alpha value is -2.05. The summed E-state index contributed by atoms with van der Waals surface area (Å²) in [7, 11) is 0.